The molecule has 1 aliphatic heterocycles. The van der Waals surface area contributed by atoms with Crippen molar-refractivity contribution in [3.63, 3.8) is 0 Å². The largest absolute Gasteiger partial charge is 0.481 e. The number of aliphatic hydroxyl groups excluding tert-OH is 1. The Morgan fingerprint density at radius 1 is 1.24 bits per heavy atom. The summed E-state index contributed by atoms with van der Waals surface area (Å²) in [5.41, 5.74) is 5.50. The molecule has 0 saturated heterocycles. The fraction of sp³-hybridized carbons (Fsp3) is 0.211. The van der Waals surface area contributed by atoms with Gasteiger partial charge < -0.3 is 15.2 Å². The number of rotatable bonds is 4. The van der Waals surface area contributed by atoms with E-state index in [1.165, 1.54) is 5.56 Å². The van der Waals surface area contributed by atoms with Gasteiger partial charge in [0.05, 0.1) is 19.4 Å². The van der Waals surface area contributed by atoms with Gasteiger partial charge in [-0.15, -0.1) is 0 Å². The summed E-state index contributed by atoms with van der Waals surface area (Å²) >= 11 is 0. The minimum Gasteiger partial charge on any atom is -0.481 e. The SMILES string of the molecule is COc1ccc2c(Nc3ccc4c(c3)CCN=C4)c(CO)cnc2n1. The van der Waals surface area contributed by atoms with Crippen LogP contribution in [0, 0.1) is 0 Å². The molecule has 2 N–H and O–H groups in total. The lowest BCUT2D eigenvalue weighted by Gasteiger charge is -2.16. The van der Waals surface area contributed by atoms with E-state index in [-0.39, 0.29) is 6.61 Å². The first-order valence-corrected chi connectivity index (χ1v) is 8.12. The van der Waals surface area contributed by atoms with Crippen LogP contribution in [0.3, 0.4) is 0 Å². The molecular weight excluding hydrogens is 316 g/mol. The van der Waals surface area contributed by atoms with Crippen LogP contribution in [0.2, 0.25) is 0 Å². The molecule has 1 aliphatic rings. The first-order chi connectivity index (χ1) is 12.3. The average Bonchev–Trinajstić information content (AvgIpc) is 2.67. The second-order valence-electron chi connectivity index (χ2n) is 5.87. The van der Waals surface area contributed by atoms with E-state index in [1.54, 1.807) is 19.4 Å². The molecule has 0 fully saturated rings. The van der Waals surface area contributed by atoms with Crippen LogP contribution in [0.15, 0.2) is 41.5 Å². The highest BCUT2D eigenvalue weighted by molar-refractivity contribution is 5.93. The molecular formula is C19H18N4O2. The maximum absolute atomic E-state index is 9.71. The molecule has 1 aromatic carbocycles. The second-order valence-corrected chi connectivity index (χ2v) is 5.87. The van der Waals surface area contributed by atoms with Crippen LogP contribution in [0.25, 0.3) is 11.0 Å². The van der Waals surface area contributed by atoms with Crippen LogP contribution in [0.1, 0.15) is 16.7 Å². The molecule has 25 heavy (non-hydrogen) atoms. The topological polar surface area (TPSA) is 79.6 Å². The maximum Gasteiger partial charge on any atom is 0.215 e. The van der Waals surface area contributed by atoms with E-state index in [9.17, 15) is 5.11 Å². The predicted molar refractivity (Wildman–Crippen MR) is 97.9 cm³/mol. The van der Waals surface area contributed by atoms with Crippen molar-refractivity contribution in [2.24, 2.45) is 4.99 Å². The third kappa shape index (κ3) is 2.92. The smallest absolute Gasteiger partial charge is 0.215 e. The summed E-state index contributed by atoms with van der Waals surface area (Å²) < 4.78 is 5.17. The normalized spacial score (nSPS) is 12.9. The van der Waals surface area contributed by atoms with Crippen LogP contribution >= 0.6 is 0 Å². The molecule has 0 bridgehead atoms. The lowest BCUT2D eigenvalue weighted by atomic mass is 10.0. The highest BCUT2D eigenvalue weighted by Crippen LogP contribution is 2.30. The number of hydrogen-bond acceptors (Lipinski definition) is 6. The summed E-state index contributed by atoms with van der Waals surface area (Å²) in [6, 6.07) is 9.90. The van der Waals surface area contributed by atoms with Crippen molar-refractivity contribution in [2.75, 3.05) is 19.0 Å². The maximum atomic E-state index is 9.71. The van der Waals surface area contributed by atoms with Crippen LogP contribution in [-0.4, -0.2) is 34.9 Å². The number of methoxy groups -OCH3 is 1. The number of anilines is 2. The van der Waals surface area contributed by atoms with Crippen LogP contribution in [0.5, 0.6) is 5.88 Å². The quantitative estimate of drug-likeness (QED) is 0.767. The number of aliphatic hydroxyl groups is 1. The summed E-state index contributed by atoms with van der Waals surface area (Å²) in [4.78, 5) is 13.0. The summed E-state index contributed by atoms with van der Waals surface area (Å²) in [5.74, 6) is 0.510. The van der Waals surface area contributed by atoms with Crippen molar-refractivity contribution in [3.8, 4) is 5.88 Å². The molecule has 6 nitrogen and oxygen atoms in total. The molecule has 126 valence electrons. The van der Waals surface area contributed by atoms with E-state index < -0.39 is 0 Å². The van der Waals surface area contributed by atoms with Crippen molar-refractivity contribution in [1.29, 1.82) is 0 Å². The molecule has 0 saturated carbocycles. The Labute approximate surface area is 145 Å². The van der Waals surface area contributed by atoms with Crippen LogP contribution in [0.4, 0.5) is 11.4 Å². The molecule has 0 amide bonds. The molecule has 0 atom stereocenters. The number of benzene rings is 1. The number of aromatic nitrogens is 2. The number of pyridine rings is 2. The minimum atomic E-state index is -0.102. The molecule has 3 heterocycles. The van der Waals surface area contributed by atoms with Gasteiger partial charge in [0.2, 0.25) is 5.88 Å². The van der Waals surface area contributed by atoms with E-state index in [0.717, 1.165) is 40.9 Å². The van der Waals surface area contributed by atoms with Gasteiger partial charge in [-0.2, -0.15) is 4.98 Å². The Balaban J connectivity index is 1.78. The monoisotopic (exact) mass is 334 g/mol. The molecule has 4 rings (SSSR count). The van der Waals surface area contributed by atoms with E-state index in [2.05, 4.69) is 32.4 Å². The van der Waals surface area contributed by atoms with Crippen LogP contribution in [-0.2, 0) is 13.0 Å². The molecule has 6 heteroatoms. The lowest BCUT2D eigenvalue weighted by Crippen LogP contribution is -2.05. The van der Waals surface area contributed by atoms with Crippen LogP contribution < -0.4 is 10.1 Å². The number of ether oxygens (including phenoxy) is 1. The van der Waals surface area contributed by atoms with Crippen molar-refractivity contribution < 1.29 is 9.84 Å². The van der Waals surface area contributed by atoms with Crippen molar-refractivity contribution >= 4 is 28.6 Å². The Bertz CT molecular complexity index is 969. The van der Waals surface area contributed by atoms with E-state index >= 15 is 0 Å². The Morgan fingerprint density at radius 3 is 3.00 bits per heavy atom. The number of nitrogens with one attached hydrogen (secondary N) is 1. The van der Waals surface area contributed by atoms with Gasteiger partial charge >= 0.3 is 0 Å². The zero-order valence-electron chi connectivity index (χ0n) is 13.9. The number of aliphatic imine (C=N–C) groups is 1. The summed E-state index contributed by atoms with van der Waals surface area (Å²) in [5, 5.41) is 14.0. The van der Waals surface area contributed by atoms with Gasteiger partial charge in [-0.05, 0) is 35.7 Å². The first-order valence-electron chi connectivity index (χ1n) is 8.12. The number of hydrogen-bond donors (Lipinski definition) is 2. The first kappa shape index (κ1) is 15.5. The fourth-order valence-electron chi connectivity index (χ4n) is 3.00. The average molecular weight is 334 g/mol. The number of fused-ring (bicyclic) bond motifs is 2. The summed E-state index contributed by atoms with van der Waals surface area (Å²) in [6.07, 6.45) is 4.49. The van der Waals surface area contributed by atoms with Gasteiger partial charge in [0, 0.05) is 41.7 Å². The van der Waals surface area contributed by atoms with Crippen molar-refractivity contribution in [2.45, 2.75) is 13.0 Å². The third-order valence-corrected chi connectivity index (χ3v) is 4.32. The summed E-state index contributed by atoms with van der Waals surface area (Å²) in [7, 11) is 1.58. The van der Waals surface area contributed by atoms with Gasteiger partial charge in [-0.3, -0.25) is 4.99 Å². The third-order valence-electron chi connectivity index (χ3n) is 4.32. The van der Waals surface area contributed by atoms with Gasteiger partial charge in [0.25, 0.3) is 0 Å². The standard InChI is InChI=1S/C19H18N4O2/c1-25-17-5-4-16-18(14(11-24)10-21-19(16)23-17)22-15-3-2-13-9-20-7-6-12(13)8-15/h2-5,8-10,24H,6-7,11H2,1H3,(H,21,22,23). The highest BCUT2D eigenvalue weighted by atomic mass is 16.5. The van der Waals surface area contributed by atoms with Gasteiger partial charge in [0.15, 0.2) is 5.65 Å². The van der Waals surface area contributed by atoms with E-state index in [1.807, 2.05) is 18.3 Å². The highest BCUT2D eigenvalue weighted by Gasteiger charge is 2.12. The molecule has 0 unspecified atom stereocenters. The summed E-state index contributed by atoms with van der Waals surface area (Å²) in [6.45, 7) is 0.717. The lowest BCUT2D eigenvalue weighted by molar-refractivity contribution is 0.282. The van der Waals surface area contributed by atoms with E-state index in [0.29, 0.717) is 11.5 Å². The van der Waals surface area contributed by atoms with Crippen molar-refractivity contribution in [3.05, 3.63) is 53.2 Å². The van der Waals surface area contributed by atoms with E-state index in [4.69, 9.17) is 4.74 Å². The van der Waals surface area contributed by atoms with Gasteiger partial charge in [-0.1, -0.05) is 6.07 Å². The van der Waals surface area contributed by atoms with Crippen molar-refractivity contribution in [1.82, 2.24) is 9.97 Å². The number of nitrogens with zero attached hydrogens (tertiary/aromatic N) is 3. The zero-order chi connectivity index (χ0) is 17.2. The molecule has 0 spiro atoms. The Hall–Kier alpha value is -2.99. The predicted octanol–water partition coefficient (Wildman–Crippen LogP) is 2.85. The fourth-order valence-corrected chi connectivity index (χ4v) is 3.00. The zero-order valence-corrected chi connectivity index (χ0v) is 13.9. The Kier molecular flexibility index (Phi) is 4.03. The second kappa shape index (κ2) is 6.49. The Morgan fingerprint density at radius 2 is 2.16 bits per heavy atom. The minimum absolute atomic E-state index is 0.102. The molecule has 0 radical (unpaired) electrons. The van der Waals surface area contributed by atoms with Gasteiger partial charge in [-0.25, -0.2) is 4.98 Å². The van der Waals surface area contributed by atoms with Gasteiger partial charge in [0.1, 0.15) is 0 Å². The molecule has 3 aromatic rings. The molecule has 0 aliphatic carbocycles. The molecule has 2 aromatic heterocycles.